The molecule has 0 fully saturated rings. The van der Waals surface area contributed by atoms with Gasteiger partial charge in [-0.1, -0.05) is 26.8 Å². The van der Waals surface area contributed by atoms with Gasteiger partial charge in [-0.2, -0.15) is 0 Å². The summed E-state index contributed by atoms with van der Waals surface area (Å²) in [5.74, 6) is -1.96. The molecule has 1 unspecified atom stereocenters. The van der Waals surface area contributed by atoms with Gasteiger partial charge in [0, 0.05) is 0 Å². The van der Waals surface area contributed by atoms with Gasteiger partial charge in [-0.25, -0.2) is 0 Å². The van der Waals surface area contributed by atoms with E-state index in [0.29, 0.717) is 0 Å². The van der Waals surface area contributed by atoms with Crippen molar-refractivity contribution < 1.29 is 15.0 Å². The smallest absolute Gasteiger partial charge is 0.319 e. The molecule has 0 saturated carbocycles. The molecule has 0 spiro atoms. The van der Waals surface area contributed by atoms with Gasteiger partial charge >= 0.3 is 5.97 Å². The van der Waals surface area contributed by atoms with Crippen molar-refractivity contribution in [3.63, 3.8) is 0 Å². The van der Waals surface area contributed by atoms with E-state index >= 15 is 0 Å². The van der Waals surface area contributed by atoms with Gasteiger partial charge in [0.25, 0.3) is 0 Å². The highest BCUT2D eigenvalue weighted by Gasteiger charge is 2.30. The molecule has 0 bridgehead atoms. The maximum atomic E-state index is 10.8. The number of carbonyl (C=O) groups is 1. The van der Waals surface area contributed by atoms with Crippen molar-refractivity contribution >= 4 is 32.7 Å². The summed E-state index contributed by atoms with van der Waals surface area (Å²) in [5, 5.41) is 18.3. The lowest BCUT2D eigenvalue weighted by Gasteiger charge is -2.13. The van der Waals surface area contributed by atoms with E-state index in [9.17, 15) is 9.90 Å². The first-order valence-electron chi connectivity index (χ1n) is 3.59. The highest BCUT2D eigenvalue weighted by atomic mass is 32.9. The number of aliphatic hydroxyl groups excluding tert-OH is 1. The SMILES string of the molecule is O=C(O)C1C(O)=CC=Cc2ssc21. The Labute approximate surface area is 81.6 Å². The van der Waals surface area contributed by atoms with Crippen LogP contribution in [0.2, 0.25) is 0 Å². The molecule has 1 aromatic heterocycles. The van der Waals surface area contributed by atoms with Crippen LogP contribution in [0.1, 0.15) is 15.7 Å². The number of fused-ring (bicyclic) bond motifs is 1. The Kier molecular flexibility index (Phi) is 1.97. The molecule has 1 aliphatic rings. The zero-order valence-electron chi connectivity index (χ0n) is 6.43. The zero-order chi connectivity index (χ0) is 9.42. The molecule has 13 heavy (non-hydrogen) atoms. The molecule has 1 aromatic rings. The number of aliphatic carboxylic acids is 1. The minimum absolute atomic E-state index is 0.0958. The van der Waals surface area contributed by atoms with Crippen LogP contribution in [-0.4, -0.2) is 16.2 Å². The van der Waals surface area contributed by atoms with Crippen molar-refractivity contribution in [2.45, 2.75) is 5.92 Å². The van der Waals surface area contributed by atoms with E-state index in [1.54, 1.807) is 6.08 Å². The molecule has 0 aliphatic heterocycles. The summed E-state index contributed by atoms with van der Waals surface area (Å²) in [6.07, 6.45) is 4.91. The third-order valence-electron chi connectivity index (χ3n) is 1.78. The summed E-state index contributed by atoms with van der Waals surface area (Å²) in [7, 11) is 2.93. The molecule has 5 heteroatoms. The number of carboxylic acid groups (broad SMARTS) is 1. The molecule has 68 valence electrons. The molecule has 0 aromatic carbocycles. The van der Waals surface area contributed by atoms with Crippen molar-refractivity contribution in [3.05, 3.63) is 27.7 Å². The van der Waals surface area contributed by atoms with Crippen molar-refractivity contribution in [2.24, 2.45) is 0 Å². The van der Waals surface area contributed by atoms with Crippen molar-refractivity contribution in [3.8, 4) is 0 Å². The summed E-state index contributed by atoms with van der Waals surface area (Å²) in [5.41, 5.74) is 0. The first kappa shape index (κ1) is 8.52. The van der Waals surface area contributed by atoms with Gasteiger partial charge in [-0.05, 0) is 12.2 Å². The molecule has 0 saturated heterocycles. The Balaban J connectivity index is 2.47. The fourth-order valence-electron chi connectivity index (χ4n) is 1.14. The predicted molar refractivity (Wildman–Crippen MR) is 52.3 cm³/mol. The topological polar surface area (TPSA) is 57.5 Å². The maximum Gasteiger partial charge on any atom is 0.319 e. The molecule has 1 heterocycles. The van der Waals surface area contributed by atoms with Crippen molar-refractivity contribution in [2.75, 3.05) is 0 Å². The predicted octanol–water partition coefficient (Wildman–Crippen LogP) is 2.45. The van der Waals surface area contributed by atoms with E-state index in [1.807, 2.05) is 6.08 Å². The second-order valence-electron chi connectivity index (χ2n) is 2.62. The van der Waals surface area contributed by atoms with E-state index in [0.717, 1.165) is 9.75 Å². The van der Waals surface area contributed by atoms with E-state index < -0.39 is 11.9 Å². The third kappa shape index (κ3) is 1.30. The van der Waals surface area contributed by atoms with Crippen LogP contribution in [0.15, 0.2) is 17.9 Å². The quantitative estimate of drug-likeness (QED) is 0.706. The fraction of sp³-hybridized carbons (Fsp3) is 0.125. The number of rotatable bonds is 1. The lowest BCUT2D eigenvalue weighted by Crippen LogP contribution is -2.14. The molecule has 0 amide bonds. The number of aliphatic hydroxyl groups is 1. The minimum Gasteiger partial charge on any atom is -0.511 e. The van der Waals surface area contributed by atoms with Gasteiger partial charge in [0.15, 0.2) is 0 Å². The summed E-state index contributed by atoms with van der Waals surface area (Å²) >= 11 is 0. The second-order valence-corrected chi connectivity index (χ2v) is 4.83. The van der Waals surface area contributed by atoms with Gasteiger partial charge in [0.1, 0.15) is 11.7 Å². The summed E-state index contributed by atoms with van der Waals surface area (Å²) in [6.45, 7) is 0. The number of hydrogen-bond acceptors (Lipinski definition) is 4. The first-order chi connectivity index (χ1) is 6.20. The Hall–Kier alpha value is -1.07. The van der Waals surface area contributed by atoms with Crippen LogP contribution in [0.3, 0.4) is 0 Å². The van der Waals surface area contributed by atoms with Crippen LogP contribution < -0.4 is 0 Å². The molecule has 0 radical (unpaired) electrons. The molecular weight excluding hydrogens is 208 g/mol. The molecule has 3 nitrogen and oxygen atoms in total. The lowest BCUT2D eigenvalue weighted by atomic mass is 10.1. The van der Waals surface area contributed by atoms with Crippen LogP contribution in [-0.2, 0) is 4.79 Å². The largest absolute Gasteiger partial charge is 0.511 e. The van der Waals surface area contributed by atoms with Gasteiger partial charge in [0.2, 0.25) is 0 Å². The lowest BCUT2D eigenvalue weighted by molar-refractivity contribution is -0.138. The standard InChI is InChI=1S/C8H6O3S2/c9-4-2-1-3-5-7(13-12-5)6(4)8(10)11/h1-3,6,9H,(H,10,11). The third-order valence-corrected chi connectivity index (χ3v) is 4.49. The molecule has 1 atom stereocenters. The average Bonchev–Trinajstić information content (AvgIpc) is 2.13. The van der Waals surface area contributed by atoms with E-state index in [4.69, 9.17) is 5.11 Å². The van der Waals surface area contributed by atoms with Gasteiger partial charge < -0.3 is 10.2 Å². The number of allylic oxidation sites excluding steroid dienone is 2. The normalized spacial score (nSPS) is 20.6. The summed E-state index contributed by atoms with van der Waals surface area (Å²) < 4.78 is 0. The van der Waals surface area contributed by atoms with Crippen LogP contribution in [0.25, 0.3) is 6.08 Å². The Morgan fingerprint density at radius 2 is 2.23 bits per heavy atom. The maximum absolute atomic E-state index is 10.8. The zero-order valence-corrected chi connectivity index (χ0v) is 8.06. The van der Waals surface area contributed by atoms with E-state index in [2.05, 4.69) is 0 Å². The van der Waals surface area contributed by atoms with Gasteiger partial charge in [-0.15, -0.1) is 0 Å². The number of carboxylic acids is 1. The molecular formula is C8H6O3S2. The van der Waals surface area contributed by atoms with E-state index in [-0.39, 0.29) is 5.76 Å². The minimum atomic E-state index is -1.00. The first-order valence-corrected chi connectivity index (χ1v) is 5.74. The Bertz CT molecular complexity index is 397. The molecule has 2 N–H and O–H groups in total. The second kappa shape index (κ2) is 3.01. The molecule has 2 rings (SSSR count). The van der Waals surface area contributed by atoms with Crippen LogP contribution in [0.5, 0.6) is 0 Å². The fourth-order valence-corrected chi connectivity index (χ4v) is 3.34. The monoisotopic (exact) mass is 214 g/mol. The molecule has 1 aliphatic carbocycles. The Morgan fingerprint density at radius 1 is 1.46 bits per heavy atom. The van der Waals surface area contributed by atoms with Crippen molar-refractivity contribution in [1.29, 1.82) is 0 Å². The average molecular weight is 214 g/mol. The van der Waals surface area contributed by atoms with Crippen LogP contribution in [0, 0.1) is 0 Å². The van der Waals surface area contributed by atoms with Gasteiger partial charge in [-0.3, -0.25) is 4.79 Å². The Morgan fingerprint density at radius 3 is 2.77 bits per heavy atom. The summed E-state index contributed by atoms with van der Waals surface area (Å²) in [6, 6.07) is 0. The summed E-state index contributed by atoms with van der Waals surface area (Å²) in [4.78, 5) is 12.5. The number of hydrogen-bond donors (Lipinski definition) is 2. The highest BCUT2D eigenvalue weighted by molar-refractivity contribution is 7.72. The van der Waals surface area contributed by atoms with Crippen molar-refractivity contribution in [1.82, 2.24) is 0 Å². The van der Waals surface area contributed by atoms with Crippen LogP contribution >= 0.6 is 20.7 Å². The van der Waals surface area contributed by atoms with Gasteiger partial charge in [0.05, 0.1) is 9.75 Å². The van der Waals surface area contributed by atoms with Crippen LogP contribution in [0.4, 0.5) is 0 Å². The van der Waals surface area contributed by atoms with E-state index in [1.165, 1.54) is 26.8 Å². The highest BCUT2D eigenvalue weighted by Crippen LogP contribution is 2.40.